The van der Waals surface area contributed by atoms with E-state index < -0.39 is 15.8 Å². The highest BCUT2D eigenvalue weighted by Gasteiger charge is 2.08. The molecule has 7 nitrogen and oxygen atoms in total. The lowest BCUT2D eigenvalue weighted by atomic mass is 10.3. The first-order valence-corrected chi connectivity index (χ1v) is 9.59. The molecule has 0 heterocycles. The van der Waals surface area contributed by atoms with Crippen molar-refractivity contribution >= 4 is 40.0 Å². The summed E-state index contributed by atoms with van der Waals surface area (Å²) in [6.07, 6.45) is 0.792. The Morgan fingerprint density at radius 1 is 1.28 bits per heavy atom. The van der Waals surface area contributed by atoms with Crippen molar-refractivity contribution in [2.45, 2.75) is 20.0 Å². The van der Waals surface area contributed by atoms with Crippen molar-refractivity contribution in [1.29, 1.82) is 0 Å². The highest BCUT2D eigenvalue weighted by atomic mass is 127. The van der Waals surface area contributed by atoms with Crippen molar-refractivity contribution in [3.8, 4) is 5.75 Å². The third-order valence-corrected chi connectivity index (χ3v) is 3.53. The second kappa shape index (κ2) is 12.3. The standard InChI is InChI=1S/C15H25FN4O3S.HI/c1-4-17-15(18-9-10-20-24(3,21)22)19-11-12(2)23-14-8-6-5-7-13(14)16;/h5-8,12,20H,4,9-11H2,1-3H3,(H2,17,18,19);1H. The first-order valence-electron chi connectivity index (χ1n) is 7.70. The SMILES string of the molecule is CCNC(=NCC(C)Oc1ccccc1F)NCCNS(C)(=O)=O.I. The maximum Gasteiger partial charge on any atom is 0.208 e. The Kier molecular flexibility index (Phi) is 11.7. The van der Waals surface area contributed by atoms with E-state index in [-0.39, 0.29) is 42.4 Å². The lowest BCUT2D eigenvalue weighted by Crippen LogP contribution is -2.41. The zero-order chi connectivity index (χ0) is 18.0. The number of para-hydroxylation sites is 1. The summed E-state index contributed by atoms with van der Waals surface area (Å²) in [4.78, 5) is 4.34. The van der Waals surface area contributed by atoms with Crippen LogP contribution in [-0.2, 0) is 10.0 Å². The van der Waals surface area contributed by atoms with E-state index in [2.05, 4.69) is 20.3 Å². The molecule has 0 aliphatic carbocycles. The fraction of sp³-hybridized carbons (Fsp3) is 0.533. The van der Waals surface area contributed by atoms with E-state index in [0.29, 0.717) is 25.6 Å². The smallest absolute Gasteiger partial charge is 0.208 e. The molecule has 0 spiro atoms. The van der Waals surface area contributed by atoms with Gasteiger partial charge in [-0.05, 0) is 26.0 Å². The molecule has 0 bridgehead atoms. The average Bonchev–Trinajstić information content (AvgIpc) is 2.50. The van der Waals surface area contributed by atoms with Gasteiger partial charge < -0.3 is 15.4 Å². The molecule has 25 heavy (non-hydrogen) atoms. The topological polar surface area (TPSA) is 91.8 Å². The lowest BCUT2D eigenvalue weighted by Gasteiger charge is -2.15. The number of hydrogen-bond donors (Lipinski definition) is 3. The van der Waals surface area contributed by atoms with E-state index in [1.165, 1.54) is 6.07 Å². The van der Waals surface area contributed by atoms with Gasteiger partial charge in [-0.1, -0.05) is 12.1 Å². The van der Waals surface area contributed by atoms with Crippen LogP contribution in [0.4, 0.5) is 4.39 Å². The third kappa shape index (κ3) is 11.2. The van der Waals surface area contributed by atoms with Crippen LogP contribution in [0.25, 0.3) is 0 Å². The summed E-state index contributed by atoms with van der Waals surface area (Å²) in [5.74, 6) is 0.317. The molecule has 1 unspecified atom stereocenters. The number of ether oxygens (including phenoxy) is 1. The summed E-state index contributed by atoms with van der Waals surface area (Å²) in [5.41, 5.74) is 0. The van der Waals surface area contributed by atoms with Crippen LogP contribution in [0.1, 0.15) is 13.8 Å². The Labute approximate surface area is 165 Å². The molecular weight excluding hydrogens is 462 g/mol. The van der Waals surface area contributed by atoms with Crippen LogP contribution in [0.5, 0.6) is 5.75 Å². The minimum Gasteiger partial charge on any atom is -0.486 e. The van der Waals surface area contributed by atoms with Gasteiger partial charge in [-0.25, -0.2) is 22.5 Å². The van der Waals surface area contributed by atoms with Gasteiger partial charge in [-0.15, -0.1) is 24.0 Å². The van der Waals surface area contributed by atoms with Gasteiger partial charge in [0.05, 0.1) is 12.8 Å². The Bertz CT molecular complexity index is 643. The minimum atomic E-state index is -3.20. The van der Waals surface area contributed by atoms with Gasteiger partial charge in [0.1, 0.15) is 6.10 Å². The largest absolute Gasteiger partial charge is 0.486 e. The Balaban J connectivity index is 0.00000576. The van der Waals surface area contributed by atoms with Crippen LogP contribution in [0.3, 0.4) is 0 Å². The highest BCUT2D eigenvalue weighted by molar-refractivity contribution is 14.0. The lowest BCUT2D eigenvalue weighted by molar-refractivity contribution is 0.220. The second-order valence-electron chi connectivity index (χ2n) is 5.17. The van der Waals surface area contributed by atoms with E-state index in [1.807, 2.05) is 6.92 Å². The molecule has 144 valence electrons. The minimum absolute atomic E-state index is 0. The summed E-state index contributed by atoms with van der Waals surface area (Å²) in [7, 11) is -3.20. The van der Waals surface area contributed by atoms with Crippen LogP contribution < -0.4 is 20.1 Å². The van der Waals surface area contributed by atoms with Gasteiger partial charge in [-0.2, -0.15) is 0 Å². The van der Waals surface area contributed by atoms with Gasteiger partial charge in [0.2, 0.25) is 10.0 Å². The molecule has 3 N–H and O–H groups in total. The van der Waals surface area contributed by atoms with E-state index >= 15 is 0 Å². The van der Waals surface area contributed by atoms with Gasteiger partial charge in [-0.3, -0.25) is 0 Å². The number of sulfonamides is 1. The Hall–Kier alpha value is -1.14. The molecule has 0 saturated carbocycles. The number of aliphatic imine (C=N–C) groups is 1. The molecule has 0 aromatic heterocycles. The van der Waals surface area contributed by atoms with E-state index in [9.17, 15) is 12.8 Å². The maximum atomic E-state index is 13.5. The van der Waals surface area contributed by atoms with Crippen molar-refractivity contribution in [3.63, 3.8) is 0 Å². The van der Waals surface area contributed by atoms with Crippen LogP contribution in [0, 0.1) is 5.82 Å². The normalized spacial score (nSPS) is 12.9. The van der Waals surface area contributed by atoms with E-state index in [4.69, 9.17) is 4.74 Å². The number of rotatable bonds is 9. The van der Waals surface area contributed by atoms with Crippen LogP contribution in [-0.4, -0.2) is 52.9 Å². The number of nitrogens with one attached hydrogen (secondary N) is 3. The van der Waals surface area contributed by atoms with Crippen molar-refractivity contribution in [2.24, 2.45) is 4.99 Å². The first-order chi connectivity index (χ1) is 11.3. The first kappa shape index (κ1) is 23.9. The van der Waals surface area contributed by atoms with Gasteiger partial charge in [0.25, 0.3) is 0 Å². The quantitative estimate of drug-likeness (QED) is 0.211. The fourth-order valence-corrected chi connectivity index (χ4v) is 2.25. The molecule has 0 aliphatic rings. The molecular formula is C15H26FIN4O3S. The second-order valence-corrected chi connectivity index (χ2v) is 7.00. The van der Waals surface area contributed by atoms with Crippen LogP contribution >= 0.6 is 24.0 Å². The third-order valence-electron chi connectivity index (χ3n) is 2.80. The monoisotopic (exact) mass is 488 g/mol. The number of guanidine groups is 1. The molecule has 0 radical (unpaired) electrons. The Morgan fingerprint density at radius 2 is 1.96 bits per heavy atom. The molecule has 0 aliphatic heterocycles. The summed E-state index contributed by atoms with van der Waals surface area (Å²) in [6.45, 7) is 5.35. The van der Waals surface area contributed by atoms with Crippen LogP contribution in [0.15, 0.2) is 29.3 Å². The zero-order valence-corrected chi connectivity index (χ0v) is 17.7. The van der Waals surface area contributed by atoms with Crippen molar-refractivity contribution in [3.05, 3.63) is 30.1 Å². The number of nitrogens with zero attached hydrogens (tertiary/aromatic N) is 1. The van der Waals surface area contributed by atoms with Gasteiger partial charge in [0.15, 0.2) is 17.5 Å². The summed E-state index contributed by atoms with van der Waals surface area (Å²) >= 11 is 0. The molecule has 10 heteroatoms. The summed E-state index contributed by atoms with van der Waals surface area (Å²) < 4.78 is 43.4. The molecule has 1 aromatic rings. The predicted molar refractivity (Wildman–Crippen MR) is 109 cm³/mol. The molecule has 1 atom stereocenters. The predicted octanol–water partition coefficient (Wildman–Crippen LogP) is 1.32. The van der Waals surface area contributed by atoms with Crippen molar-refractivity contribution < 1.29 is 17.5 Å². The van der Waals surface area contributed by atoms with Crippen molar-refractivity contribution in [1.82, 2.24) is 15.4 Å². The Morgan fingerprint density at radius 3 is 2.56 bits per heavy atom. The summed E-state index contributed by atoms with van der Waals surface area (Å²) in [5, 5.41) is 6.05. The van der Waals surface area contributed by atoms with Crippen molar-refractivity contribution in [2.75, 3.05) is 32.4 Å². The molecule has 1 aromatic carbocycles. The molecule has 0 saturated heterocycles. The van der Waals surface area contributed by atoms with Crippen LogP contribution in [0.2, 0.25) is 0 Å². The highest BCUT2D eigenvalue weighted by Crippen LogP contribution is 2.16. The fourth-order valence-electron chi connectivity index (χ4n) is 1.77. The van der Waals surface area contributed by atoms with Gasteiger partial charge in [0, 0.05) is 19.6 Å². The molecule has 1 rings (SSSR count). The number of halogens is 2. The van der Waals surface area contributed by atoms with E-state index in [0.717, 1.165) is 6.26 Å². The number of hydrogen-bond acceptors (Lipinski definition) is 4. The molecule has 0 amide bonds. The van der Waals surface area contributed by atoms with Gasteiger partial charge >= 0.3 is 0 Å². The van der Waals surface area contributed by atoms with E-state index in [1.54, 1.807) is 25.1 Å². The molecule has 0 fully saturated rings. The maximum absolute atomic E-state index is 13.5. The summed E-state index contributed by atoms with van der Waals surface area (Å²) in [6, 6.07) is 6.21. The zero-order valence-electron chi connectivity index (χ0n) is 14.6. The number of benzene rings is 1. The average molecular weight is 488 g/mol.